The van der Waals surface area contributed by atoms with Gasteiger partial charge in [-0.25, -0.2) is 13.2 Å². The first-order chi connectivity index (χ1) is 13.0. The number of fused-ring (bicyclic) bond motifs is 1. The summed E-state index contributed by atoms with van der Waals surface area (Å²) in [6.07, 6.45) is 3.73. The molecule has 1 aliphatic carbocycles. The van der Waals surface area contributed by atoms with E-state index in [0.29, 0.717) is 6.42 Å². The lowest BCUT2D eigenvalue weighted by molar-refractivity contribution is 0.590. The number of aromatic nitrogens is 1. The van der Waals surface area contributed by atoms with E-state index >= 15 is 4.39 Å². The zero-order valence-electron chi connectivity index (χ0n) is 14.4. The summed E-state index contributed by atoms with van der Waals surface area (Å²) in [4.78, 5) is 12.2. The molecular formula is C20H18F3N3O. The number of hydrogen-bond donors (Lipinski definition) is 2. The van der Waals surface area contributed by atoms with E-state index in [-0.39, 0.29) is 40.7 Å². The van der Waals surface area contributed by atoms with E-state index in [9.17, 15) is 13.6 Å². The number of halogens is 3. The first kappa shape index (κ1) is 17.5. The number of anilines is 2. The molecule has 4 nitrogen and oxygen atoms in total. The standard InChI is InChI=1S/C20H18F3N3O/c21-12-3-1-11(2-4-12)7-9-25-19-16(22)18(24)15-14(27)8-10-26(13-5-6-13)20(15)17(19)23/h1-4,8,10,13,25H,5-7,9,24H2. The van der Waals surface area contributed by atoms with Crippen LogP contribution in [0, 0.1) is 17.5 Å². The smallest absolute Gasteiger partial charge is 0.191 e. The number of nitrogen functional groups attached to an aromatic ring is 1. The van der Waals surface area contributed by atoms with Crippen LogP contribution in [0.2, 0.25) is 0 Å². The van der Waals surface area contributed by atoms with Gasteiger partial charge in [0.05, 0.1) is 16.6 Å². The second kappa shape index (κ2) is 6.64. The lowest BCUT2D eigenvalue weighted by atomic mass is 10.1. The van der Waals surface area contributed by atoms with Crippen molar-refractivity contribution in [1.29, 1.82) is 0 Å². The van der Waals surface area contributed by atoms with E-state index in [2.05, 4.69) is 5.32 Å². The summed E-state index contributed by atoms with van der Waals surface area (Å²) >= 11 is 0. The van der Waals surface area contributed by atoms with E-state index in [1.165, 1.54) is 24.4 Å². The van der Waals surface area contributed by atoms with Crippen LogP contribution in [0.1, 0.15) is 24.4 Å². The van der Waals surface area contributed by atoms with Gasteiger partial charge in [0.2, 0.25) is 0 Å². The van der Waals surface area contributed by atoms with Crippen LogP contribution in [0.15, 0.2) is 41.3 Å². The van der Waals surface area contributed by atoms with Crippen LogP contribution < -0.4 is 16.5 Å². The topological polar surface area (TPSA) is 60.0 Å². The predicted molar refractivity (Wildman–Crippen MR) is 99.4 cm³/mol. The maximum Gasteiger partial charge on any atom is 0.191 e. The molecule has 0 saturated heterocycles. The fourth-order valence-corrected chi connectivity index (χ4v) is 3.29. The Morgan fingerprint density at radius 2 is 1.78 bits per heavy atom. The van der Waals surface area contributed by atoms with E-state index in [1.807, 2.05) is 0 Å². The third-order valence-electron chi connectivity index (χ3n) is 4.85. The molecule has 1 fully saturated rings. The van der Waals surface area contributed by atoms with Crippen LogP contribution in [-0.2, 0) is 6.42 Å². The molecule has 0 spiro atoms. The van der Waals surface area contributed by atoms with Gasteiger partial charge >= 0.3 is 0 Å². The van der Waals surface area contributed by atoms with E-state index in [0.717, 1.165) is 18.4 Å². The minimum Gasteiger partial charge on any atom is -0.396 e. The predicted octanol–water partition coefficient (Wildman–Crippen LogP) is 3.99. The van der Waals surface area contributed by atoms with Crippen LogP contribution in [-0.4, -0.2) is 11.1 Å². The molecule has 1 saturated carbocycles. The Morgan fingerprint density at radius 1 is 1.07 bits per heavy atom. The molecule has 27 heavy (non-hydrogen) atoms. The first-order valence-electron chi connectivity index (χ1n) is 8.77. The highest BCUT2D eigenvalue weighted by Gasteiger charge is 2.29. The normalized spacial score (nSPS) is 13.9. The number of nitrogens with zero attached hydrogens (tertiary/aromatic N) is 1. The van der Waals surface area contributed by atoms with Crippen molar-refractivity contribution in [3.63, 3.8) is 0 Å². The Kier molecular flexibility index (Phi) is 4.30. The van der Waals surface area contributed by atoms with Crippen molar-refractivity contribution in [2.24, 2.45) is 0 Å². The number of nitrogens with two attached hydrogens (primary N) is 1. The van der Waals surface area contributed by atoms with E-state index in [4.69, 9.17) is 5.73 Å². The third-order valence-corrected chi connectivity index (χ3v) is 4.85. The quantitative estimate of drug-likeness (QED) is 0.665. The van der Waals surface area contributed by atoms with Crippen LogP contribution in [0.5, 0.6) is 0 Å². The Labute approximate surface area is 153 Å². The largest absolute Gasteiger partial charge is 0.396 e. The van der Waals surface area contributed by atoms with E-state index < -0.39 is 17.1 Å². The monoisotopic (exact) mass is 373 g/mol. The lowest BCUT2D eigenvalue weighted by Crippen LogP contribution is -2.16. The summed E-state index contributed by atoms with van der Waals surface area (Å²) < 4.78 is 44.4. The number of benzene rings is 2. The van der Waals surface area contributed by atoms with Gasteiger partial charge in [-0.15, -0.1) is 0 Å². The second-order valence-electron chi connectivity index (χ2n) is 6.76. The molecule has 0 amide bonds. The Bertz CT molecular complexity index is 1070. The summed E-state index contributed by atoms with van der Waals surface area (Å²) in [6.45, 7) is 0.227. The summed E-state index contributed by atoms with van der Waals surface area (Å²) in [5.74, 6) is -2.13. The van der Waals surface area contributed by atoms with Gasteiger partial charge in [-0.05, 0) is 37.0 Å². The number of hydrogen-bond acceptors (Lipinski definition) is 3. The highest BCUT2D eigenvalue weighted by Crippen LogP contribution is 2.40. The molecule has 7 heteroatoms. The van der Waals surface area contributed by atoms with Gasteiger partial charge in [0.15, 0.2) is 17.1 Å². The fourth-order valence-electron chi connectivity index (χ4n) is 3.29. The molecule has 0 aliphatic heterocycles. The summed E-state index contributed by atoms with van der Waals surface area (Å²) in [5, 5.41) is 2.62. The highest BCUT2D eigenvalue weighted by atomic mass is 19.1. The molecule has 1 aliphatic rings. The minimum absolute atomic E-state index is 0.0354. The van der Waals surface area contributed by atoms with Gasteiger partial charge < -0.3 is 15.6 Å². The Hall–Kier alpha value is -2.96. The van der Waals surface area contributed by atoms with Crippen molar-refractivity contribution in [2.45, 2.75) is 25.3 Å². The van der Waals surface area contributed by atoms with Crippen LogP contribution in [0.25, 0.3) is 10.9 Å². The van der Waals surface area contributed by atoms with Crippen molar-refractivity contribution in [1.82, 2.24) is 4.57 Å². The Balaban J connectivity index is 1.71. The molecular weight excluding hydrogens is 355 g/mol. The number of nitrogens with one attached hydrogen (secondary N) is 1. The molecule has 0 radical (unpaired) electrons. The Morgan fingerprint density at radius 3 is 2.44 bits per heavy atom. The van der Waals surface area contributed by atoms with Gasteiger partial charge in [0.1, 0.15) is 11.5 Å². The molecule has 0 atom stereocenters. The summed E-state index contributed by atoms with van der Waals surface area (Å²) in [6, 6.07) is 7.28. The molecule has 3 aromatic rings. The van der Waals surface area contributed by atoms with Gasteiger partial charge in [-0.2, -0.15) is 0 Å². The zero-order chi connectivity index (χ0) is 19.1. The summed E-state index contributed by atoms with van der Waals surface area (Å²) in [5.41, 5.74) is 5.50. The molecule has 4 rings (SSSR count). The zero-order valence-corrected chi connectivity index (χ0v) is 14.4. The van der Waals surface area contributed by atoms with Gasteiger partial charge in [-0.3, -0.25) is 4.79 Å². The van der Waals surface area contributed by atoms with E-state index in [1.54, 1.807) is 16.7 Å². The number of pyridine rings is 1. The molecule has 1 aromatic heterocycles. The van der Waals surface area contributed by atoms with Crippen molar-refractivity contribution >= 4 is 22.3 Å². The molecule has 140 valence electrons. The lowest BCUT2D eigenvalue weighted by Gasteiger charge is -2.17. The maximum absolute atomic E-state index is 15.1. The second-order valence-corrected chi connectivity index (χ2v) is 6.76. The third kappa shape index (κ3) is 3.13. The van der Waals surface area contributed by atoms with Crippen molar-refractivity contribution in [2.75, 3.05) is 17.6 Å². The van der Waals surface area contributed by atoms with Crippen LogP contribution >= 0.6 is 0 Å². The van der Waals surface area contributed by atoms with Gasteiger partial charge in [0, 0.05) is 24.8 Å². The molecule has 1 heterocycles. The highest BCUT2D eigenvalue weighted by molar-refractivity contribution is 5.95. The average molecular weight is 373 g/mol. The summed E-state index contributed by atoms with van der Waals surface area (Å²) in [7, 11) is 0. The van der Waals surface area contributed by atoms with Crippen molar-refractivity contribution in [3.8, 4) is 0 Å². The fraction of sp³-hybridized carbons (Fsp3) is 0.250. The molecule has 3 N–H and O–H groups in total. The molecule has 0 bridgehead atoms. The van der Waals surface area contributed by atoms with Crippen LogP contribution in [0.4, 0.5) is 24.5 Å². The van der Waals surface area contributed by atoms with Gasteiger partial charge in [-0.1, -0.05) is 12.1 Å². The van der Waals surface area contributed by atoms with Crippen molar-refractivity contribution in [3.05, 3.63) is 69.8 Å². The number of rotatable bonds is 5. The van der Waals surface area contributed by atoms with Crippen LogP contribution in [0.3, 0.4) is 0 Å². The van der Waals surface area contributed by atoms with Crippen molar-refractivity contribution < 1.29 is 13.2 Å². The molecule has 2 aromatic carbocycles. The molecule has 0 unspecified atom stereocenters. The maximum atomic E-state index is 15.1. The minimum atomic E-state index is -0.968. The van der Waals surface area contributed by atoms with Gasteiger partial charge in [0.25, 0.3) is 0 Å². The first-order valence-corrected chi connectivity index (χ1v) is 8.77. The average Bonchev–Trinajstić information content (AvgIpc) is 3.49. The SMILES string of the molecule is Nc1c(F)c(NCCc2ccc(F)cc2)c(F)c2c1c(=O)ccn2C1CC1.